The molecule has 0 fully saturated rings. The average molecular weight is 255 g/mol. The minimum absolute atomic E-state index is 0.0182. The first-order valence-electron chi connectivity index (χ1n) is 6.61. The Morgan fingerprint density at radius 3 is 2.53 bits per heavy atom. The Balaban J connectivity index is 2.14. The van der Waals surface area contributed by atoms with Crippen LogP contribution in [-0.2, 0) is 6.61 Å². The van der Waals surface area contributed by atoms with E-state index in [2.05, 4.69) is 32.0 Å². The molecule has 0 amide bonds. The van der Waals surface area contributed by atoms with Crippen molar-refractivity contribution >= 4 is 0 Å². The second-order valence-corrected chi connectivity index (χ2v) is 5.05. The molecule has 0 aliphatic carbocycles. The third-order valence-electron chi connectivity index (χ3n) is 3.29. The average Bonchev–Trinajstić information content (AvgIpc) is 2.38. The third kappa shape index (κ3) is 3.36. The van der Waals surface area contributed by atoms with Gasteiger partial charge in [-0.1, -0.05) is 42.0 Å². The van der Waals surface area contributed by atoms with Gasteiger partial charge >= 0.3 is 0 Å². The van der Waals surface area contributed by atoms with E-state index in [1.165, 1.54) is 16.7 Å². The lowest BCUT2D eigenvalue weighted by Crippen LogP contribution is -2.08. The highest BCUT2D eigenvalue weighted by Gasteiger charge is 2.07. The summed E-state index contributed by atoms with van der Waals surface area (Å²) in [6, 6.07) is 14.4. The van der Waals surface area contributed by atoms with E-state index in [0.717, 1.165) is 11.3 Å². The zero-order valence-corrected chi connectivity index (χ0v) is 11.8. The second kappa shape index (κ2) is 5.89. The number of hydrogen-bond donors (Lipinski definition) is 1. The lowest BCUT2D eigenvalue weighted by Gasteiger charge is -2.15. The molecular formula is C17H21NO. The molecule has 2 nitrogen and oxygen atoms in total. The summed E-state index contributed by atoms with van der Waals surface area (Å²) in [4.78, 5) is 0. The fourth-order valence-electron chi connectivity index (χ4n) is 2.15. The van der Waals surface area contributed by atoms with Gasteiger partial charge in [-0.05, 0) is 38.0 Å². The highest BCUT2D eigenvalue weighted by Crippen LogP contribution is 2.24. The van der Waals surface area contributed by atoms with Crippen LogP contribution in [0.3, 0.4) is 0 Å². The molecule has 0 spiro atoms. The van der Waals surface area contributed by atoms with Crippen molar-refractivity contribution in [1.29, 1.82) is 0 Å². The van der Waals surface area contributed by atoms with Crippen LogP contribution in [0.2, 0.25) is 0 Å². The molecule has 0 bridgehead atoms. The van der Waals surface area contributed by atoms with E-state index < -0.39 is 0 Å². The van der Waals surface area contributed by atoms with Crippen LogP contribution in [0.25, 0.3) is 0 Å². The van der Waals surface area contributed by atoms with Gasteiger partial charge in [0.15, 0.2) is 0 Å². The molecule has 0 aliphatic heterocycles. The first-order valence-corrected chi connectivity index (χ1v) is 6.61. The van der Waals surface area contributed by atoms with Crippen LogP contribution in [0, 0.1) is 13.8 Å². The van der Waals surface area contributed by atoms with Crippen molar-refractivity contribution in [3.63, 3.8) is 0 Å². The second-order valence-electron chi connectivity index (χ2n) is 5.05. The minimum Gasteiger partial charge on any atom is -0.489 e. The molecular weight excluding hydrogens is 234 g/mol. The maximum atomic E-state index is 5.95. The van der Waals surface area contributed by atoms with Crippen molar-refractivity contribution in [3.05, 3.63) is 64.7 Å². The molecule has 0 radical (unpaired) electrons. The largest absolute Gasteiger partial charge is 0.489 e. The predicted octanol–water partition coefficient (Wildman–Crippen LogP) is 3.90. The van der Waals surface area contributed by atoms with Gasteiger partial charge in [-0.3, -0.25) is 0 Å². The fourth-order valence-corrected chi connectivity index (χ4v) is 2.15. The summed E-state index contributed by atoms with van der Waals surface area (Å²) in [7, 11) is 0. The van der Waals surface area contributed by atoms with Gasteiger partial charge in [0.05, 0.1) is 0 Å². The summed E-state index contributed by atoms with van der Waals surface area (Å²) in [5.41, 5.74) is 10.8. The van der Waals surface area contributed by atoms with Crippen LogP contribution >= 0.6 is 0 Å². The number of aryl methyl sites for hydroxylation is 2. The Bertz CT molecular complexity index is 561. The van der Waals surface area contributed by atoms with Gasteiger partial charge < -0.3 is 10.5 Å². The highest BCUT2D eigenvalue weighted by molar-refractivity contribution is 5.36. The summed E-state index contributed by atoms with van der Waals surface area (Å²) in [6.07, 6.45) is 0. The van der Waals surface area contributed by atoms with Gasteiger partial charge in [-0.25, -0.2) is 0 Å². The number of para-hydroxylation sites is 1. The molecule has 0 heterocycles. The Hall–Kier alpha value is -1.80. The molecule has 0 saturated heterocycles. The topological polar surface area (TPSA) is 35.2 Å². The molecule has 1 unspecified atom stereocenters. The predicted molar refractivity (Wildman–Crippen MR) is 79.3 cm³/mol. The van der Waals surface area contributed by atoms with Crippen LogP contribution in [0.15, 0.2) is 42.5 Å². The molecule has 2 heteroatoms. The molecule has 2 N–H and O–H groups in total. The summed E-state index contributed by atoms with van der Waals surface area (Å²) < 4.78 is 5.93. The van der Waals surface area contributed by atoms with Crippen molar-refractivity contribution in [2.24, 2.45) is 5.73 Å². The first-order chi connectivity index (χ1) is 9.08. The van der Waals surface area contributed by atoms with Gasteiger partial charge in [0.25, 0.3) is 0 Å². The van der Waals surface area contributed by atoms with E-state index >= 15 is 0 Å². The normalized spacial score (nSPS) is 12.2. The van der Waals surface area contributed by atoms with Crippen molar-refractivity contribution in [2.45, 2.75) is 33.4 Å². The van der Waals surface area contributed by atoms with Crippen molar-refractivity contribution in [3.8, 4) is 5.75 Å². The van der Waals surface area contributed by atoms with E-state index in [1.807, 2.05) is 31.2 Å². The van der Waals surface area contributed by atoms with Crippen molar-refractivity contribution in [2.75, 3.05) is 0 Å². The SMILES string of the molecule is Cc1ccc(COc2ccccc2C(C)N)c(C)c1. The maximum absolute atomic E-state index is 5.95. The van der Waals surface area contributed by atoms with Crippen LogP contribution in [0.1, 0.15) is 35.2 Å². The van der Waals surface area contributed by atoms with Gasteiger partial charge in [0, 0.05) is 11.6 Å². The Kier molecular flexibility index (Phi) is 4.23. The molecule has 19 heavy (non-hydrogen) atoms. The molecule has 0 aromatic heterocycles. The summed E-state index contributed by atoms with van der Waals surface area (Å²) >= 11 is 0. The van der Waals surface area contributed by atoms with Gasteiger partial charge in [0.1, 0.15) is 12.4 Å². The summed E-state index contributed by atoms with van der Waals surface area (Å²) in [5, 5.41) is 0. The Morgan fingerprint density at radius 1 is 1.11 bits per heavy atom. The van der Waals surface area contributed by atoms with Gasteiger partial charge in [-0.2, -0.15) is 0 Å². The monoisotopic (exact) mass is 255 g/mol. The van der Waals surface area contributed by atoms with E-state index in [0.29, 0.717) is 6.61 Å². The minimum atomic E-state index is -0.0182. The lowest BCUT2D eigenvalue weighted by atomic mass is 10.1. The molecule has 0 saturated carbocycles. The number of benzene rings is 2. The first kappa shape index (κ1) is 13.6. The summed E-state index contributed by atoms with van der Waals surface area (Å²) in [6.45, 7) is 6.77. The molecule has 2 aromatic rings. The maximum Gasteiger partial charge on any atom is 0.124 e. The molecule has 0 aliphatic rings. The van der Waals surface area contributed by atoms with Crippen LogP contribution in [0.5, 0.6) is 5.75 Å². The van der Waals surface area contributed by atoms with Crippen LogP contribution in [0.4, 0.5) is 0 Å². The smallest absolute Gasteiger partial charge is 0.124 e. The lowest BCUT2D eigenvalue weighted by molar-refractivity contribution is 0.300. The molecule has 2 aromatic carbocycles. The van der Waals surface area contributed by atoms with Crippen LogP contribution in [-0.4, -0.2) is 0 Å². The number of ether oxygens (including phenoxy) is 1. The van der Waals surface area contributed by atoms with Crippen LogP contribution < -0.4 is 10.5 Å². The summed E-state index contributed by atoms with van der Waals surface area (Å²) in [5.74, 6) is 0.873. The van der Waals surface area contributed by atoms with Gasteiger partial charge in [0.2, 0.25) is 0 Å². The van der Waals surface area contributed by atoms with Crippen molar-refractivity contribution in [1.82, 2.24) is 0 Å². The van der Waals surface area contributed by atoms with E-state index in [4.69, 9.17) is 10.5 Å². The Labute approximate surface area is 115 Å². The Morgan fingerprint density at radius 2 is 1.84 bits per heavy atom. The highest BCUT2D eigenvalue weighted by atomic mass is 16.5. The van der Waals surface area contributed by atoms with Gasteiger partial charge in [-0.15, -0.1) is 0 Å². The number of rotatable bonds is 4. The molecule has 2 rings (SSSR count). The third-order valence-corrected chi connectivity index (χ3v) is 3.29. The zero-order chi connectivity index (χ0) is 13.8. The zero-order valence-electron chi connectivity index (χ0n) is 11.8. The van der Waals surface area contributed by atoms with Crippen molar-refractivity contribution < 1.29 is 4.74 Å². The van der Waals surface area contributed by atoms with E-state index in [-0.39, 0.29) is 6.04 Å². The number of nitrogens with two attached hydrogens (primary N) is 1. The molecule has 100 valence electrons. The molecule has 1 atom stereocenters. The number of hydrogen-bond acceptors (Lipinski definition) is 2. The quantitative estimate of drug-likeness (QED) is 0.899. The van der Waals surface area contributed by atoms with E-state index in [9.17, 15) is 0 Å². The standard InChI is InChI=1S/C17H21NO/c1-12-8-9-15(13(2)10-12)11-19-17-7-5-4-6-16(17)14(3)18/h4-10,14H,11,18H2,1-3H3. The fraction of sp³-hybridized carbons (Fsp3) is 0.294. The van der Waals surface area contributed by atoms with E-state index in [1.54, 1.807) is 0 Å².